The Hall–Kier alpha value is -1.48. The summed E-state index contributed by atoms with van der Waals surface area (Å²) in [7, 11) is 0. The van der Waals surface area contributed by atoms with Crippen molar-refractivity contribution in [1.82, 2.24) is 5.32 Å². The van der Waals surface area contributed by atoms with E-state index in [4.69, 9.17) is 8.83 Å². The van der Waals surface area contributed by atoms with Crippen molar-refractivity contribution in [3.05, 3.63) is 47.8 Å². The van der Waals surface area contributed by atoms with Gasteiger partial charge in [0.25, 0.3) is 0 Å². The first kappa shape index (κ1) is 10.7. The highest BCUT2D eigenvalue weighted by Gasteiger charge is 2.36. The van der Waals surface area contributed by atoms with Crippen LogP contribution >= 0.6 is 0 Å². The van der Waals surface area contributed by atoms with Gasteiger partial charge in [-0.2, -0.15) is 0 Å². The van der Waals surface area contributed by atoms with E-state index >= 15 is 0 Å². The molecule has 0 aliphatic heterocycles. The third kappa shape index (κ3) is 2.44. The summed E-state index contributed by atoms with van der Waals surface area (Å²) in [6.45, 7) is 3.76. The number of hydrogen-bond donors (Lipinski definition) is 1. The minimum absolute atomic E-state index is 0.661. The summed E-state index contributed by atoms with van der Waals surface area (Å²) < 4.78 is 11.1. The molecular weight excluding hydrogens is 214 g/mol. The first-order chi connectivity index (χ1) is 8.33. The molecule has 1 aliphatic rings. The molecule has 3 rings (SSSR count). The molecule has 0 radical (unpaired) electrons. The summed E-state index contributed by atoms with van der Waals surface area (Å²) in [5.41, 5.74) is 0. The molecule has 2 aromatic heterocycles. The molecule has 2 atom stereocenters. The molecule has 1 saturated carbocycles. The van der Waals surface area contributed by atoms with E-state index < -0.39 is 0 Å². The highest BCUT2D eigenvalue weighted by molar-refractivity contribution is 5.17. The molecule has 1 aliphatic carbocycles. The molecular formula is C14H17NO2. The fourth-order valence-corrected chi connectivity index (χ4v) is 2.13. The Labute approximate surface area is 101 Å². The summed E-state index contributed by atoms with van der Waals surface area (Å²) in [5, 5.41) is 3.30. The van der Waals surface area contributed by atoms with Crippen molar-refractivity contribution in [3.8, 4) is 0 Å². The fraction of sp³-hybridized carbons (Fsp3) is 0.429. The summed E-state index contributed by atoms with van der Waals surface area (Å²) in [6.07, 6.45) is 2.96. The van der Waals surface area contributed by atoms with Gasteiger partial charge in [-0.3, -0.25) is 0 Å². The minimum atomic E-state index is 0.661. The molecule has 3 heteroatoms. The molecule has 0 saturated heterocycles. The van der Waals surface area contributed by atoms with Gasteiger partial charge in [0.2, 0.25) is 0 Å². The number of hydrogen-bond acceptors (Lipinski definition) is 3. The Bertz CT molecular complexity index is 472. The lowest BCUT2D eigenvalue weighted by atomic mass is 10.3. The van der Waals surface area contributed by atoms with Crippen LogP contribution in [0.15, 0.2) is 39.4 Å². The van der Waals surface area contributed by atoms with E-state index in [1.165, 1.54) is 6.42 Å². The third-order valence-electron chi connectivity index (χ3n) is 3.34. The Kier molecular flexibility index (Phi) is 2.77. The zero-order valence-corrected chi connectivity index (χ0v) is 9.98. The Morgan fingerprint density at radius 2 is 2.06 bits per heavy atom. The normalized spacial score (nSPS) is 22.9. The van der Waals surface area contributed by atoms with Gasteiger partial charge in [-0.15, -0.1) is 0 Å². The standard InChI is InChI=1S/C14H17NO2/c1-10-7-13(10)14-5-4-12(17-14)9-15-8-11-3-2-6-16-11/h2-6,10,13,15H,7-9H2,1H3/t10-,13-/m1/s1. The summed E-state index contributed by atoms with van der Waals surface area (Å²) in [4.78, 5) is 0. The van der Waals surface area contributed by atoms with E-state index in [1.807, 2.05) is 12.1 Å². The van der Waals surface area contributed by atoms with E-state index in [9.17, 15) is 0 Å². The average Bonchev–Trinajstić information content (AvgIpc) is 2.76. The smallest absolute Gasteiger partial charge is 0.117 e. The minimum Gasteiger partial charge on any atom is -0.468 e. The fourth-order valence-electron chi connectivity index (χ4n) is 2.13. The van der Waals surface area contributed by atoms with Crippen molar-refractivity contribution in [2.75, 3.05) is 0 Å². The molecule has 1 N–H and O–H groups in total. The SMILES string of the molecule is C[C@@H]1C[C@H]1c1ccc(CNCc2ccco2)o1. The van der Waals surface area contributed by atoms with Crippen molar-refractivity contribution < 1.29 is 8.83 Å². The monoisotopic (exact) mass is 231 g/mol. The molecule has 3 nitrogen and oxygen atoms in total. The number of nitrogens with one attached hydrogen (secondary N) is 1. The number of furan rings is 2. The van der Waals surface area contributed by atoms with E-state index in [0.29, 0.717) is 5.92 Å². The average molecular weight is 231 g/mol. The Morgan fingerprint density at radius 3 is 2.76 bits per heavy atom. The van der Waals surface area contributed by atoms with Gasteiger partial charge in [-0.05, 0) is 36.6 Å². The predicted octanol–water partition coefficient (Wildman–Crippen LogP) is 3.29. The summed E-state index contributed by atoms with van der Waals surface area (Å²) in [6, 6.07) is 8.04. The molecule has 2 heterocycles. The zero-order valence-electron chi connectivity index (χ0n) is 9.98. The Balaban J connectivity index is 1.50. The van der Waals surface area contributed by atoms with E-state index in [0.717, 1.165) is 36.3 Å². The third-order valence-corrected chi connectivity index (χ3v) is 3.34. The maximum Gasteiger partial charge on any atom is 0.117 e. The Morgan fingerprint density at radius 1 is 1.24 bits per heavy atom. The van der Waals surface area contributed by atoms with Crippen LogP contribution in [-0.4, -0.2) is 0 Å². The molecule has 0 spiro atoms. The van der Waals surface area contributed by atoms with Crippen LogP contribution < -0.4 is 5.32 Å². The molecule has 17 heavy (non-hydrogen) atoms. The quantitative estimate of drug-likeness (QED) is 0.858. The maximum absolute atomic E-state index is 5.80. The lowest BCUT2D eigenvalue weighted by Crippen LogP contribution is -2.11. The van der Waals surface area contributed by atoms with Crippen LogP contribution in [0.2, 0.25) is 0 Å². The largest absolute Gasteiger partial charge is 0.468 e. The van der Waals surface area contributed by atoms with Gasteiger partial charge < -0.3 is 14.2 Å². The van der Waals surface area contributed by atoms with E-state index in [2.05, 4.69) is 24.4 Å². The number of rotatable bonds is 5. The second-order valence-electron chi connectivity index (χ2n) is 4.81. The lowest BCUT2D eigenvalue weighted by Gasteiger charge is -1.99. The second kappa shape index (κ2) is 4.41. The zero-order chi connectivity index (χ0) is 11.7. The van der Waals surface area contributed by atoms with Gasteiger partial charge in [-0.25, -0.2) is 0 Å². The van der Waals surface area contributed by atoms with Gasteiger partial charge in [0, 0.05) is 5.92 Å². The van der Waals surface area contributed by atoms with Crippen LogP contribution in [0.4, 0.5) is 0 Å². The van der Waals surface area contributed by atoms with Crippen molar-refractivity contribution >= 4 is 0 Å². The molecule has 90 valence electrons. The van der Waals surface area contributed by atoms with Crippen molar-refractivity contribution in [2.45, 2.75) is 32.4 Å². The van der Waals surface area contributed by atoms with E-state index in [1.54, 1.807) is 6.26 Å². The molecule has 0 unspecified atom stereocenters. The van der Waals surface area contributed by atoms with Gasteiger partial charge >= 0.3 is 0 Å². The predicted molar refractivity (Wildman–Crippen MR) is 64.5 cm³/mol. The van der Waals surface area contributed by atoms with Gasteiger partial charge in [0.05, 0.1) is 19.4 Å². The topological polar surface area (TPSA) is 38.3 Å². The summed E-state index contributed by atoms with van der Waals surface area (Å²) in [5.74, 6) is 4.56. The molecule has 1 fully saturated rings. The highest BCUT2D eigenvalue weighted by Crippen LogP contribution is 2.47. The van der Waals surface area contributed by atoms with Crippen molar-refractivity contribution in [2.24, 2.45) is 5.92 Å². The van der Waals surface area contributed by atoms with Crippen LogP contribution in [0, 0.1) is 5.92 Å². The van der Waals surface area contributed by atoms with Gasteiger partial charge in [-0.1, -0.05) is 6.92 Å². The lowest BCUT2D eigenvalue weighted by molar-refractivity contribution is 0.429. The molecule has 0 aromatic carbocycles. The van der Waals surface area contributed by atoms with Crippen LogP contribution in [0.1, 0.15) is 36.5 Å². The van der Waals surface area contributed by atoms with Crippen LogP contribution in [0.3, 0.4) is 0 Å². The van der Waals surface area contributed by atoms with Crippen molar-refractivity contribution in [3.63, 3.8) is 0 Å². The molecule has 0 bridgehead atoms. The second-order valence-corrected chi connectivity index (χ2v) is 4.81. The molecule has 2 aromatic rings. The first-order valence-electron chi connectivity index (χ1n) is 6.14. The highest BCUT2D eigenvalue weighted by atomic mass is 16.3. The maximum atomic E-state index is 5.80. The first-order valence-corrected chi connectivity index (χ1v) is 6.14. The van der Waals surface area contributed by atoms with Crippen LogP contribution in [0.5, 0.6) is 0 Å². The van der Waals surface area contributed by atoms with Gasteiger partial charge in [0.15, 0.2) is 0 Å². The molecule has 0 amide bonds. The van der Waals surface area contributed by atoms with Gasteiger partial charge in [0.1, 0.15) is 17.3 Å². The van der Waals surface area contributed by atoms with Crippen LogP contribution in [-0.2, 0) is 13.1 Å². The van der Waals surface area contributed by atoms with Crippen molar-refractivity contribution in [1.29, 1.82) is 0 Å². The van der Waals surface area contributed by atoms with Crippen LogP contribution in [0.25, 0.3) is 0 Å². The van der Waals surface area contributed by atoms with E-state index in [-0.39, 0.29) is 0 Å². The summed E-state index contributed by atoms with van der Waals surface area (Å²) >= 11 is 0.